The van der Waals surface area contributed by atoms with Crippen LogP contribution in [0.4, 0.5) is 0 Å². The number of ether oxygens (including phenoxy) is 1. The molecule has 0 unspecified atom stereocenters. The zero-order chi connectivity index (χ0) is 21.0. The van der Waals surface area contributed by atoms with Crippen molar-refractivity contribution >= 4 is 21.9 Å². The maximum absolute atomic E-state index is 6.25. The van der Waals surface area contributed by atoms with Crippen LogP contribution in [-0.2, 0) is 13.0 Å². The van der Waals surface area contributed by atoms with Crippen LogP contribution in [0.5, 0.6) is 5.75 Å². The summed E-state index contributed by atoms with van der Waals surface area (Å²) in [7, 11) is 0. The van der Waals surface area contributed by atoms with E-state index in [1.807, 2.05) is 18.2 Å². The van der Waals surface area contributed by atoms with Gasteiger partial charge in [-0.25, -0.2) is 0 Å². The van der Waals surface area contributed by atoms with Crippen LogP contribution in [0.25, 0.3) is 33.2 Å². The molecule has 0 saturated heterocycles. The molecule has 31 heavy (non-hydrogen) atoms. The summed E-state index contributed by atoms with van der Waals surface area (Å²) in [5.41, 5.74) is 4.50. The van der Waals surface area contributed by atoms with E-state index in [0.717, 1.165) is 53.8 Å². The van der Waals surface area contributed by atoms with Gasteiger partial charge in [-0.1, -0.05) is 61.9 Å². The molecule has 156 valence electrons. The van der Waals surface area contributed by atoms with Crippen molar-refractivity contribution in [3.05, 3.63) is 90.6 Å². The first-order chi connectivity index (χ1) is 15.3. The SMILES string of the molecule is CCCc1cc2cc(-c3ccccc3)oc2cc1OCCCn1ccc2ccccc21. The molecule has 0 bridgehead atoms. The van der Waals surface area contributed by atoms with Crippen molar-refractivity contribution in [2.24, 2.45) is 0 Å². The van der Waals surface area contributed by atoms with Crippen molar-refractivity contribution in [1.29, 1.82) is 0 Å². The quantitative estimate of drug-likeness (QED) is 0.248. The number of furan rings is 1. The fourth-order valence-electron chi connectivity index (χ4n) is 4.21. The summed E-state index contributed by atoms with van der Waals surface area (Å²) in [5, 5.41) is 2.42. The average Bonchev–Trinajstić information content (AvgIpc) is 3.41. The first-order valence-electron chi connectivity index (χ1n) is 11.1. The van der Waals surface area contributed by atoms with Crippen molar-refractivity contribution in [2.75, 3.05) is 6.61 Å². The van der Waals surface area contributed by atoms with Gasteiger partial charge in [0.25, 0.3) is 0 Å². The second kappa shape index (κ2) is 8.73. The highest BCUT2D eigenvalue weighted by atomic mass is 16.5. The topological polar surface area (TPSA) is 27.3 Å². The third kappa shape index (κ3) is 4.09. The van der Waals surface area contributed by atoms with Crippen LogP contribution in [0.3, 0.4) is 0 Å². The molecule has 0 aliphatic carbocycles. The number of rotatable bonds is 8. The number of hydrogen-bond acceptors (Lipinski definition) is 2. The maximum atomic E-state index is 6.25. The first-order valence-corrected chi connectivity index (χ1v) is 11.1. The van der Waals surface area contributed by atoms with Gasteiger partial charge in [0.05, 0.1) is 6.61 Å². The monoisotopic (exact) mass is 409 g/mol. The Morgan fingerprint density at radius 3 is 2.58 bits per heavy atom. The van der Waals surface area contributed by atoms with E-state index < -0.39 is 0 Å². The first kappa shape index (κ1) is 19.5. The van der Waals surface area contributed by atoms with Gasteiger partial charge in [-0.15, -0.1) is 0 Å². The van der Waals surface area contributed by atoms with Crippen LogP contribution in [-0.4, -0.2) is 11.2 Å². The minimum atomic E-state index is 0.682. The third-order valence-corrected chi connectivity index (χ3v) is 5.76. The number of benzene rings is 3. The Labute approximate surface area is 182 Å². The van der Waals surface area contributed by atoms with Gasteiger partial charge in [0.15, 0.2) is 0 Å². The summed E-state index contributed by atoms with van der Waals surface area (Å²) in [6.45, 7) is 3.83. The van der Waals surface area contributed by atoms with Crippen LogP contribution in [0.15, 0.2) is 89.5 Å². The standard InChI is InChI=1S/C28H27NO2/c1-2-9-23-18-24-19-27(22-11-4-3-5-12-22)31-28(24)20-26(23)30-17-8-15-29-16-14-21-10-6-7-13-25(21)29/h3-7,10-14,16,18-20H,2,8-9,15,17H2,1H3. The molecule has 0 amide bonds. The van der Waals surface area contributed by atoms with Crippen molar-refractivity contribution in [2.45, 2.75) is 32.7 Å². The van der Waals surface area contributed by atoms with Gasteiger partial charge >= 0.3 is 0 Å². The van der Waals surface area contributed by atoms with Gasteiger partial charge in [0, 0.05) is 35.3 Å². The van der Waals surface area contributed by atoms with E-state index in [1.165, 1.54) is 16.5 Å². The van der Waals surface area contributed by atoms with Gasteiger partial charge in [0.1, 0.15) is 17.1 Å². The Morgan fingerprint density at radius 2 is 1.71 bits per heavy atom. The van der Waals surface area contributed by atoms with E-state index in [0.29, 0.717) is 6.61 Å². The van der Waals surface area contributed by atoms with Crippen molar-refractivity contribution in [1.82, 2.24) is 4.57 Å². The molecule has 5 rings (SSSR count). The molecule has 0 aliphatic heterocycles. The highest BCUT2D eigenvalue weighted by Gasteiger charge is 2.12. The summed E-state index contributed by atoms with van der Waals surface area (Å²) in [5.74, 6) is 1.84. The van der Waals surface area contributed by atoms with Crippen LogP contribution >= 0.6 is 0 Å². The highest BCUT2D eigenvalue weighted by molar-refractivity contribution is 5.85. The van der Waals surface area contributed by atoms with Crippen molar-refractivity contribution in [3.8, 4) is 17.1 Å². The van der Waals surface area contributed by atoms with Crippen LogP contribution in [0, 0.1) is 0 Å². The Morgan fingerprint density at radius 1 is 0.871 bits per heavy atom. The van der Waals surface area contributed by atoms with E-state index in [2.05, 4.69) is 78.4 Å². The van der Waals surface area contributed by atoms with Gasteiger partial charge < -0.3 is 13.7 Å². The lowest BCUT2D eigenvalue weighted by Crippen LogP contribution is -2.05. The molecule has 0 atom stereocenters. The van der Waals surface area contributed by atoms with Crippen LogP contribution in [0.1, 0.15) is 25.3 Å². The lowest BCUT2D eigenvalue weighted by atomic mass is 10.1. The van der Waals surface area contributed by atoms with E-state index in [4.69, 9.17) is 9.15 Å². The van der Waals surface area contributed by atoms with Gasteiger partial charge in [-0.05, 0) is 48.1 Å². The summed E-state index contributed by atoms with van der Waals surface area (Å²) < 4.78 is 14.7. The largest absolute Gasteiger partial charge is 0.493 e. The molecule has 3 nitrogen and oxygen atoms in total. The molecule has 3 aromatic carbocycles. The Balaban J connectivity index is 1.32. The van der Waals surface area contributed by atoms with Gasteiger partial charge in [-0.2, -0.15) is 0 Å². The summed E-state index contributed by atoms with van der Waals surface area (Å²) in [6, 6.07) is 27.3. The molecule has 3 heteroatoms. The number of fused-ring (bicyclic) bond motifs is 2. The molecular formula is C28H27NO2. The Kier molecular flexibility index (Phi) is 5.49. The molecule has 0 saturated carbocycles. The van der Waals surface area contributed by atoms with Gasteiger partial charge in [-0.3, -0.25) is 0 Å². The summed E-state index contributed by atoms with van der Waals surface area (Å²) >= 11 is 0. The van der Waals surface area contributed by atoms with E-state index in [9.17, 15) is 0 Å². The smallest absolute Gasteiger partial charge is 0.138 e. The zero-order valence-electron chi connectivity index (χ0n) is 17.9. The lowest BCUT2D eigenvalue weighted by Gasteiger charge is -2.12. The minimum Gasteiger partial charge on any atom is -0.493 e. The second-order valence-corrected chi connectivity index (χ2v) is 7.99. The number of nitrogens with zero attached hydrogens (tertiary/aromatic N) is 1. The summed E-state index contributed by atoms with van der Waals surface area (Å²) in [4.78, 5) is 0. The van der Waals surface area contributed by atoms with Crippen LogP contribution in [0.2, 0.25) is 0 Å². The fraction of sp³-hybridized carbons (Fsp3) is 0.214. The second-order valence-electron chi connectivity index (χ2n) is 7.99. The van der Waals surface area contributed by atoms with E-state index in [-0.39, 0.29) is 0 Å². The zero-order valence-corrected chi connectivity index (χ0v) is 17.9. The van der Waals surface area contributed by atoms with Crippen molar-refractivity contribution in [3.63, 3.8) is 0 Å². The number of aromatic nitrogens is 1. The Hall–Kier alpha value is -3.46. The normalized spacial score (nSPS) is 11.4. The predicted molar refractivity (Wildman–Crippen MR) is 128 cm³/mol. The third-order valence-electron chi connectivity index (χ3n) is 5.76. The fourth-order valence-corrected chi connectivity index (χ4v) is 4.21. The number of para-hydroxylation sites is 1. The molecule has 0 N–H and O–H groups in total. The van der Waals surface area contributed by atoms with E-state index in [1.54, 1.807) is 0 Å². The Bertz CT molecular complexity index is 1300. The van der Waals surface area contributed by atoms with Crippen LogP contribution < -0.4 is 4.74 Å². The number of aryl methyl sites for hydroxylation is 2. The lowest BCUT2D eigenvalue weighted by molar-refractivity contribution is 0.299. The maximum Gasteiger partial charge on any atom is 0.138 e. The average molecular weight is 410 g/mol. The molecule has 5 aromatic rings. The van der Waals surface area contributed by atoms with E-state index >= 15 is 0 Å². The molecule has 2 aromatic heterocycles. The minimum absolute atomic E-state index is 0.682. The molecule has 0 aliphatic rings. The molecule has 2 heterocycles. The van der Waals surface area contributed by atoms with Crippen molar-refractivity contribution < 1.29 is 9.15 Å². The molecule has 0 radical (unpaired) electrons. The summed E-state index contributed by atoms with van der Waals surface area (Å²) in [6.07, 6.45) is 5.20. The van der Waals surface area contributed by atoms with Gasteiger partial charge in [0.2, 0.25) is 0 Å². The highest BCUT2D eigenvalue weighted by Crippen LogP contribution is 2.33. The number of hydrogen-bond donors (Lipinski definition) is 0. The molecule has 0 fully saturated rings. The molecule has 0 spiro atoms. The predicted octanol–water partition coefficient (Wildman–Crippen LogP) is 7.48. The molecular weight excluding hydrogens is 382 g/mol.